The van der Waals surface area contributed by atoms with E-state index in [1.54, 1.807) is 50.2 Å². The van der Waals surface area contributed by atoms with Gasteiger partial charge >= 0.3 is 0 Å². The summed E-state index contributed by atoms with van der Waals surface area (Å²) < 4.78 is 27.8. The van der Waals surface area contributed by atoms with Gasteiger partial charge in [-0.15, -0.1) is 0 Å². The second-order valence-electron chi connectivity index (χ2n) is 6.04. The largest absolute Gasteiger partial charge is 0.323 e. The Morgan fingerprint density at radius 2 is 1.64 bits per heavy atom. The molecular formula is C18H21ClN2O3S. The number of hydrogen-bond donors (Lipinski definition) is 2. The van der Waals surface area contributed by atoms with E-state index in [0.717, 1.165) is 5.56 Å². The molecule has 0 bridgehead atoms. The van der Waals surface area contributed by atoms with Crippen molar-refractivity contribution in [1.29, 1.82) is 0 Å². The van der Waals surface area contributed by atoms with E-state index in [1.807, 2.05) is 6.92 Å². The fourth-order valence-corrected chi connectivity index (χ4v) is 4.58. The third-order valence-corrected chi connectivity index (χ3v) is 5.91. The molecule has 1 unspecified atom stereocenters. The number of hydrogen-bond acceptors (Lipinski definition) is 3. The number of aryl methyl sites for hydroxylation is 3. The maximum atomic E-state index is 12.7. The van der Waals surface area contributed by atoms with Gasteiger partial charge < -0.3 is 5.32 Å². The van der Waals surface area contributed by atoms with E-state index in [-0.39, 0.29) is 4.90 Å². The Balaban J connectivity index is 2.20. The summed E-state index contributed by atoms with van der Waals surface area (Å²) in [4.78, 5) is 12.5. The number of amides is 1. The molecule has 1 amide bonds. The van der Waals surface area contributed by atoms with Gasteiger partial charge in [0, 0.05) is 0 Å². The maximum absolute atomic E-state index is 12.7. The molecule has 1 atom stereocenters. The van der Waals surface area contributed by atoms with Crippen molar-refractivity contribution in [1.82, 2.24) is 4.72 Å². The lowest BCUT2D eigenvalue weighted by Crippen LogP contribution is -2.42. The van der Waals surface area contributed by atoms with Crippen molar-refractivity contribution < 1.29 is 13.2 Å². The van der Waals surface area contributed by atoms with E-state index >= 15 is 0 Å². The lowest BCUT2D eigenvalue weighted by Gasteiger charge is -2.17. The molecule has 2 aromatic carbocycles. The molecule has 0 saturated heterocycles. The number of anilines is 1. The van der Waals surface area contributed by atoms with Crippen LogP contribution in [0.1, 0.15) is 23.6 Å². The van der Waals surface area contributed by atoms with Crippen LogP contribution in [-0.4, -0.2) is 20.4 Å². The Morgan fingerprint density at radius 1 is 1.08 bits per heavy atom. The molecule has 0 aromatic heterocycles. The highest BCUT2D eigenvalue weighted by Gasteiger charge is 2.25. The standard InChI is InChI=1S/C18H21ClN2O3S/c1-11-9-12(2)17(13(3)10-11)25(23,24)21-14(4)18(22)20-16-8-6-5-7-15(16)19/h5-10,14,21H,1-4H3,(H,20,22). The van der Waals surface area contributed by atoms with Crippen LogP contribution < -0.4 is 10.0 Å². The minimum Gasteiger partial charge on any atom is -0.323 e. The number of para-hydroxylation sites is 1. The minimum absolute atomic E-state index is 0.204. The predicted octanol–water partition coefficient (Wildman–Crippen LogP) is 3.57. The summed E-state index contributed by atoms with van der Waals surface area (Å²) in [6.45, 7) is 6.87. The van der Waals surface area contributed by atoms with E-state index in [4.69, 9.17) is 11.6 Å². The van der Waals surface area contributed by atoms with Gasteiger partial charge in [0.1, 0.15) is 0 Å². The van der Waals surface area contributed by atoms with Crippen LogP contribution in [0.15, 0.2) is 41.3 Å². The molecule has 0 aliphatic carbocycles. The molecule has 0 aliphatic heterocycles. The van der Waals surface area contributed by atoms with Crippen LogP contribution >= 0.6 is 11.6 Å². The van der Waals surface area contributed by atoms with Crippen molar-refractivity contribution in [2.75, 3.05) is 5.32 Å². The first-order valence-corrected chi connectivity index (χ1v) is 9.63. The second-order valence-corrected chi connectivity index (χ2v) is 8.10. The Labute approximate surface area is 153 Å². The third-order valence-electron chi connectivity index (χ3n) is 3.73. The van der Waals surface area contributed by atoms with Gasteiger partial charge in [0.05, 0.1) is 21.6 Å². The van der Waals surface area contributed by atoms with Crippen molar-refractivity contribution in [3.05, 3.63) is 58.1 Å². The Bertz CT molecular complexity index is 887. The van der Waals surface area contributed by atoms with Crippen LogP contribution in [0.4, 0.5) is 5.69 Å². The summed E-state index contributed by atoms with van der Waals surface area (Å²) in [6.07, 6.45) is 0. The van der Waals surface area contributed by atoms with Crippen molar-refractivity contribution in [3.8, 4) is 0 Å². The summed E-state index contributed by atoms with van der Waals surface area (Å²) in [7, 11) is -3.83. The molecule has 0 saturated carbocycles. The molecule has 0 radical (unpaired) electrons. The van der Waals surface area contributed by atoms with Gasteiger partial charge in [-0.2, -0.15) is 4.72 Å². The second kappa shape index (κ2) is 7.56. The minimum atomic E-state index is -3.83. The molecule has 25 heavy (non-hydrogen) atoms. The van der Waals surface area contributed by atoms with Crippen LogP contribution in [0.5, 0.6) is 0 Å². The summed E-state index contributed by atoms with van der Waals surface area (Å²) in [6, 6.07) is 9.41. The molecule has 7 heteroatoms. The number of carbonyl (C=O) groups is 1. The average molecular weight is 381 g/mol. The quantitative estimate of drug-likeness (QED) is 0.832. The van der Waals surface area contributed by atoms with E-state index in [1.165, 1.54) is 6.92 Å². The summed E-state index contributed by atoms with van der Waals surface area (Å²) in [5, 5.41) is 3.01. The molecule has 2 N–H and O–H groups in total. The summed E-state index contributed by atoms with van der Waals surface area (Å²) in [5.41, 5.74) is 2.70. The van der Waals surface area contributed by atoms with Crippen LogP contribution in [0.3, 0.4) is 0 Å². The molecule has 2 aromatic rings. The van der Waals surface area contributed by atoms with Gasteiger partial charge in [-0.3, -0.25) is 4.79 Å². The molecule has 2 rings (SSSR count). The van der Waals surface area contributed by atoms with Crippen LogP contribution in [0.2, 0.25) is 5.02 Å². The van der Waals surface area contributed by atoms with Gasteiger partial charge in [-0.1, -0.05) is 41.4 Å². The molecule has 0 fully saturated rings. The summed E-state index contributed by atoms with van der Waals surface area (Å²) >= 11 is 6.00. The van der Waals surface area contributed by atoms with Gasteiger partial charge in [-0.05, 0) is 51.0 Å². The van der Waals surface area contributed by atoms with Crippen LogP contribution in [0, 0.1) is 20.8 Å². The first-order chi connectivity index (χ1) is 11.6. The number of halogens is 1. The fraction of sp³-hybridized carbons (Fsp3) is 0.278. The van der Waals surface area contributed by atoms with Crippen LogP contribution in [0.25, 0.3) is 0 Å². The number of benzene rings is 2. The van der Waals surface area contributed by atoms with Crippen molar-refractivity contribution in [2.45, 2.75) is 38.6 Å². The van der Waals surface area contributed by atoms with Gasteiger partial charge in [0.2, 0.25) is 15.9 Å². The van der Waals surface area contributed by atoms with Gasteiger partial charge in [-0.25, -0.2) is 8.42 Å². The Kier molecular flexibility index (Phi) is 5.87. The zero-order valence-electron chi connectivity index (χ0n) is 14.6. The molecule has 0 spiro atoms. The monoisotopic (exact) mass is 380 g/mol. The lowest BCUT2D eigenvalue weighted by atomic mass is 10.1. The predicted molar refractivity (Wildman–Crippen MR) is 101 cm³/mol. The highest BCUT2D eigenvalue weighted by Crippen LogP contribution is 2.23. The highest BCUT2D eigenvalue weighted by molar-refractivity contribution is 7.89. The van der Waals surface area contributed by atoms with E-state index in [9.17, 15) is 13.2 Å². The third kappa shape index (κ3) is 4.60. The van der Waals surface area contributed by atoms with Gasteiger partial charge in [0.15, 0.2) is 0 Å². The first-order valence-electron chi connectivity index (χ1n) is 7.77. The summed E-state index contributed by atoms with van der Waals surface area (Å²) in [5.74, 6) is -0.487. The zero-order chi connectivity index (χ0) is 18.8. The van der Waals surface area contributed by atoms with Crippen molar-refractivity contribution in [3.63, 3.8) is 0 Å². The number of rotatable bonds is 5. The first kappa shape index (κ1) is 19.4. The average Bonchev–Trinajstić information content (AvgIpc) is 2.47. The van der Waals surface area contributed by atoms with Gasteiger partial charge in [0.25, 0.3) is 0 Å². The zero-order valence-corrected chi connectivity index (χ0v) is 16.1. The number of sulfonamides is 1. The SMILES string of the molecule is Cc1cc(C)c(S(=O)(=O)NC(C)C(=O)Nc2ccccc2Cl)c(C)c1. The molecule has 0 heterocycles. The fourth-order valence-electron chi connectivity index (χ4n) is 2.74. The number of carbonyl (C=O) groups excluding carboxylic acids is 1. The van der Waals surface area contributed by atoms with E-state index in [0.29, 0.717) is 21.8 Å². The number of nitrogens with one attached hydrogen (secondary N) is 2. The van der Waals surface area contributed by atoms with E-state index < -0.39 is 22.0 Å². The highest BCUT2D eigenvalue weighted by atomic mass is 35.5. The lowest BCUT2D eigenvalue weighted by molar-refractivity contribution is -0.117. The normalized spacial score (nSPS) is 12.7. The molecule has 134 valence electrons. The topological polar surface area (TPSA) is 75.3 Å². The molecule has 0 aliphatic rings. The Morgan fingerprint density at radius 3 is 2.20 bits per heavy atom. The molecule has 5 nitrogen and oxygen atoms in total. The molecular weight excluding hydrogens is 360 g/mol. The van der Waals surface area contributed by atoms with Crippen molar-refractivity contribution in [2.24, 2.45) is 0 Å². The van der Waals surface area contributed by atoms with Crippen LogP contribution in [-0.2, 0) is 14.8 Å². The maximum Gasteiger partial charge on any atom is 0.242 e. The van der Waals surface area contributed by atoms with E-state index in [2.05, 4.69) is 10.0 Å². The Hall–Kier alpha value is -1.89. The van der Waals surface area contributed by atoms with Crippen molar-refractivity contribution >= 4 is 33.2 Å². The smallest absolute Gasteiger partial charge is 0.242 e.